The van der Waals surface area contributed by atoms with Crippen LogP contribution < -0.4 is 9.47 Å². The van der Waals surface area contributed by atoms with Crippen molar-refractivity contribution < 1.29 is 28.4 Å². The number of carbonyl (C=O) groups excluding carboxylic acids is 1. The molecule has 0 spiro atoms. The minimum absolute atomic E-state index is 0.343. The predicted octanol–water partition coefficient (Wildman–Crippen LogP) is 5.21. The van der Waals surface area contributed by atoms with Crippen LogP contribution in [0.1, 0.15) is 0 Å². The maximum absolute atomic E-state index is 10.2. The lowest BCUT2D eigenvalue weighted by molar-refractivity contribution is 0.144. The van der Waals surface area contributed by atoms with Crippen LogP contribution in [0.2, 0.25) is 0 Å². The predicted molar refractivity (Wildman–Crippen MR) is 93.3 cm³/mol. The van der Waals surface area contributed by atoms with Crippen LogP contribution >= 0.6 is 33.0 Å². The summed E-state index contributed by atoms with van der Waals surface area (Å²) in [7, 11) is 7.36. The number of rotatable bonds is 2. The largest absolute Gasteiger partial charge is 0.511 e. The summed E-state index contributed by atoms with van der Waals surface area (Å²) in [6, 6.07) is 17.0. The molecule has 2 aromatic carbocycles. The minimum atomic E-state index is -1.67. The van der Waals surface area contributed by atoms with Crippen molar-refractivity contribution >= 4 is 53.8 Å². The Hall–Kier alpha value is -1.80. The summed E-state index contributed by atoms with van der Waals surface area (Å²) in [6.07, 6.45) is -1.29. The van der Waals surface area contributed by atoms with E-state index in [1.54, 1.807) is 54.6 Å². The van der Waals surface area contributed by atoms with Crippen molar-refractivity contribution in [2.75, 3.05) is 0 Å². The topological polar surface area (TPSA) is 89.9 Å². The number of carbonyl (C=O) groups is 2. The lowest BCUT2D eigenvalue weighted by Gasteiger charge is -1.95. The molecule has 6 nitrogen and oxygen atoms in total. The fourth-order valence-electron chi connectivity index (χ4n) is 1.17. The summed E-state index contributed by atoms with van der Waals surface area (Å²) in [4.78, 5) is 20.1. The van der Waals surface area contributed by atoms with Crippen molar-refractivity contribution in [3.63, 3.8) is 0 Å². The summed E-state index contributed by atoms with van der Waals surface area (Å²) >= 11 is 4.95. The Kier molecular flexibility index (Phi) is 12.6. The number of halogens is 3. The Bertz CT molecular complexity index is 584. The lowest BCUT2D eigenvalue weighted by Crippen LogP contribution is -2.02. The molecule has 2 rings (SSSR count). The molecule has 0 fully saturated rings. The molecule has 0 heterocycles. The minimum Gasteiger partial charge on any atom is -0.449 e. The van der Waals surface area contributed by atoms with E-state index in [1.807, 2.05) is 6.07 Å². The highest BCUT2D eigenvalue weighted by Crippen LogP contribution is 2.09. The average Bonchev–Trinajstić information content (AvgIpc) is 2.48. The molecule has 2 aromatic rings. The summed E-state index contributed by atoms with van der Waals surface area (Å²) in [6.45, 7) is 0. The van der Waals surface area contributed by atoms with Gasteiger partial charge in [0.25, 0.3) is 0 Å². The van der Waals surface area contributed by atoms with E-state index in [1.165, 1.54) is 0 Å². The van der Waals surface area contributed by atoms with Crippen molar-refractivity contribution in [1.29, 1.82) is 0 Å². The molecule has 0 amide bonds. The van der Waals surface area contributed by atoms with E-state index in [-0.39, 0.29) is 0 Å². The molecule has 10 heteroatoms. The van der Waals surface area contributed by atoms with E-state index >= 15 is 0 Å². The first-order chi connectivity index (χ1) is 11.3. The zero-order chi connectivity index (χ0) is 18.4. The van der Waals surface area contributed by atoms with Crippen LogP contribution in [0, 0.1) is 0 Å². The molecule has 24 heavy (non-hydrogen) atoms. The van der Waals surface area contributed by atoms with E-state index in [0.717, 1.165) is 0 Å². The monoisotopic (exact) mass is 412 g/mol. The maximum atomic E-state index is 10.2. The van der Waals surface area contributed by atoms with E-state index in [2.05, 4.69) is 30.8 Å². The molecule has 0 aliphatic rings. The normalized spacial score (nSPS) is 8.83. The molecule has 0 saturated carbocycles. The van der Waals surface area contributed by atoms with Crippen LogP contribution in [0.15, 0.2) is 60.7 Å². The number of carboxylic acid groups (broad SMARTS) is 1. The van der Waals surface area contributed by atoms with Crippen molar-refractivity contribution in [2.24, 2.45) is 0 Å². The number of hydrogen-bond acceptors (Lipinski definition) is 5. The molecule has 0 radical (unpaired) electrons. The Morgan fingerprint density at radius 3 is 1.46 bits per heavy atom. The van der Waals surface area contributed by atoms with Crippen LogP contribution in [-0.4, -0.2) is 20.9 Å². The second-order valence-corrected chi connectivity index (χ2v) is 6.35. The van der Waals surface area contributed by atoms with Crippen LogP contribution in [0.5, 0.6) is 11.5 Å². The zero-order valence-electron chi connectivity index (χ0n) is 11.8. The number of para-hydroxylation sites is 2. The second-order valence-electron chi connectivity index (χ2n) is 3.52. The molecule has 0 saturated heterocycles. The summed E-state index contributed by atoms with van der Waals surface area (Å²) in [5.74, 6) is 0.803. The van der Waals surface area contributed by atoms with Crippen LogP contribution in [0.3, 0.4) is 0 Å². The third-order valence-electron chi connectivity index (χ3n) is 1.89. The highest BCUT2D eigenvalue weighted by molar-refractivity contribution is 8.26. The van der Waals surface area contributed by atoms with Crippen molar-refractivity contribution in [3.05, 3.63) is 60.7 Å². The molecular formula is C14H11Cl3O6S. The first-order valence-corrected chi connectivity index (χ1v) is 9.11. The third-order valence-corrected chi connectivity index (χ3v) is 1.97. The second kappa shape index (κ2) is 13.6. The molecule has 0 unspecified atom stereocenters. The van der Waals surface area contributed by atoms with Crippen LogP contribution in [-0.2, 0) is 9.23 Å². The maximum Gasteiger partial charge on any atom is 0.511 e. The fourth-order valence-corrected chi connectivity index (χ4v) is 1.26. The van der Waals surface area contributed by atoms with Gasteiger partial charge in [0.05, 0.1) is 0 Å². The molecule has 130 valence electrons. The van der Waals surface area contributed by atoms with E-state index in [9.17, 15) is 9.59 Å². The van der Waals surface area contributed by atoms with Gasteiger partial charge in [-0.3, -0.25) is 0 Å². The van der Waals surface area contributed by atoms with Gasteiger partial charge in [0.15, 0.2) is 0 Å². The molecule has 0 aliphatic carbocycles. The Morgan fingerprint density at radius 1 is 0.833 bits per heavy atom. The summed E-state index contributed by atoms with van der Waals surface area (Å²) in [5, 5.41) is 8.14. The fraction of sp³-hybridized carbons (Fsp3) is 0. The summed E-state index contributed by atoms with van der Waals surface area (Å²) in [5.41, 5.74) is -0.814. The van der Waals surface area contributed by atoms with Gasteiger partial charge in [0, 0.05) is 33.0 Å². The van der Waals surface area contributed by atoms with E-state index < -0.39 is 20.8 Å². The zero-order valence-corrected chi connectivity index (χ0v) is 14.9. The molecule has 0 bridgehead atoms. The van der Waals surface area contributed by atoms with Crippen molar-refractivity contribution in [3.8, 4) is 11.5 Å². The lowest BCUT2D eigenvalue weighted by atomic mass is 10.3. The Morgan fingerprint density at radius 2 is 1.17 bits per heavy atom. The number of ether oxygens (including phenoxy) is 2. The smallest absolute Gasteiger partial charge is 0.449 e. The van der Waals surface area contributed by atoms with E-state index in [0.29, 0.717) is 11.5 Å². The van der Waals surface area contributed by atoms with Crippen LogP contribution in [0.4, 0.5) is 9.59 Å². The quantitative estimate of drug-likeness (QED) is 0.413. The van der Waals surface area contributed by atoms with Gasteiger partial charge in [0.2, 0.25) is 9.23 Å². The first-order valence-electron chi connectivity index (χ1n) is 5.93. The van der Waals surface area contributed by atoms with Gasteiger partial charge in [-0.25, -0.2) is 13.8 Å². The molecule has 1 N–H and O–H groups in total. The van der Waals surface area contributed by atoms with Crippen molar-refractivity contribution in [1.82, 2.24) is 0 Å². The Balaban J connectivity index is 0.000000363. The van der Waals surface area contributed by atoms with Gasteiger partial charge >= 0.3 is 11.6 Å². The van der Waals surface area contributed by atoms with Gasteiger partial charge in [-0.2, -0.15) is 0 Å². The van der Waals surface area contributed by atoms with Gasteiger partial charge in [-0.15, -0.1) is 0 Å². The van der Waals surface area contributed by atoms with Crippen molar-refractivity contribution in [2.45, 2.75) is 0 Å². The SMILES string of the molecule is O=C(Cl)Oc1ccccc1.O=C(O)Oc1ccccc1.O=S(Cl)Cl. The average molecular weight is 414 g/mol. The Labute approximate surface area is 154 Å². The number of benzene rings is 2. The first kappa shape index (κ1) is 22.2. The van der Waals surface area contributed by atoms with Gasteiger partial charge in [-0.1, -0.05) is 36.4 Å². The number of hydrogen-bond donors (Lipinski definition) is 1. The third kappa shape index (κ3) is 15.1. The van der Waals surface area contributed by atoms with Crippen LogP contribution in [0.25, 0.3) is 0 Å². The molecule has 0 aromatic heterocycles. The highest BCUT2D eigenvalue weighted by Gasteiger charge is 1.96. The molecular weight excluding hydrogens is 403 g/mol. The molecule has 0 aliphatic heterocycles. The van der Waals surface area contributed by atoms with Gasteiger partial charge < -0.3 is 14.6 Å². The summed E-state index contributed by atoms with van der Waals surface area (Å²) < 4.78 is 18.0. The standard InChI is InChI=1S/C7H5ClO2.C7H6O3.Cl2OS/c2*8-7(9)10-6-4-2-1-3-5-6;1-4(2)3/h1-5H;1-5H,(H,8,9);. The highest BCUT2D eigenvalue weighted by atomic mass is 36.0. The molecule has 0 atom stereocenters. The van der Waals surface area contributed by atoms with Gasteiger partial charge in [-0.05, 0) is 24.3 Å². The van der Waals surface area contributed by atoms with E-state index in [4.69, 9.17) is 20.9 Å². The van der Waals surface area contributed by atoms with Gasteiger partial charge in [0.1, 0.15) is 11.5 Å².